The Morgan fingerprint density at radius 1 is 1.37 bits per heavy atom. The van der Waals surface area contributed by atoms with E-state index in [0.717, 1.165) is 12.8 Å². The van der Waals surface area contributed by atoms with Gasteiger partial charge in [-0.2, -0.15) is 0 Å². The van der Waals surface area contributed by atoms with Crippen molar-refractivity contribution < 1.29 is 13.9 Å². The minimum absolute atomic E-state index is 0.279. The summed E-state index contributed by atoms with van der Waals surface area (Å²) in [5, 5.41) is 2.94. The number of halogens is 1. The number of hydrogen-bond acceptors (Lipinski definition) is 3. The van der Waals surface area contributed by atoms with Crippen LogP contribution < -0.4 is 15.8 Å². The van der Waals surface area contributed by atoms with Crippen LogP contribution in [0.1, 0.15) is 26.2 Å². The molecular weight excluding hydrogens is 247 g/mol. The molecule has 0 radical (unpaired) electrons. The molecule has 0 aliphatic carbocycles. The zero-order chi connectivity index (χ0) is 14.3. The predicted molar refractivity (Wildman–Crippen MR) is 72.4 cm³/mol. The number of carbonyl (C=O) groups excluding carboxylic acids is 1. The van der Waals surface area contributed by atoms with Crippen LogP contribution >= 0.6 is 0 Å². The van der Waals surface area contributed by atoms with E-state index in [4.69, 9.17) is 10.5 Å². The molecule has 0 bridgehead atoms. The van der Waals surface area contributed by atoms with Crippen molar-refractivity contribution >= 4 is 5.91 Å². The van der Waals surface area contributed by atoms with Crippen molar-refractivity contribution in [1.29, 1.82) is 0 Å². The molecule has 0 saturated carbocycles. The van der Waals surface area contributed by atoms with E-state index in [1.807, 2.05) is 0 Å². The Balaban J connectivity index is 2.24. The smallest absolute Gasteiger partial charge is 0.237 e. The van der Waals surface area contributed by atoms with Crippen molar-refractivity contribution in [2.24, 2.45) is 5.73 Å². The molecule has 0 saturated heterocycles. The number of nitrogens with two attached hydrogens (primary N) is 1. The number of ether oxygens (including phenoxy) is 1. The zero-order valence-corrected chi connectivity index (χ0v) is 11.4. The van der Waals surface area contributed by atoms with Gasteiger partial charge in [-0.1, -0.05) is 0 Å². The number of likely N-dealkylation sites (N-methyl/N-ethyl adjacent to an activating group) is 1. The van der Waals surface area contributed by atoms with E-state index in [1.165, 1.54) is 12.1 Å². The minimum Gasteiger partial charge on any atom is -0.494 e. The number of rotatable bonds is 8. The van der Waals surface area contributed by atoms with E-state index in [9.17, 15) is 9.18 Å². The van der Waals surface area contributed by atoms with E-state index < -0.39 is 5.54 Å². The highest BCUT2D eigenvalue weighted by Crippen LogP contribution is 2.15. The van der Waals surface area contributed by atoms with Gasteiger partial charge in [0, 0.05) is 0 Å². The second kappa shape index (κ2) is 7.09. The Kier molecular flexibility index (Phi) is 5.76. The highest BCUT2D eigenvalue weighted by molar-refractivity contribution is 5.84. The molecule has 3 N–H and O–H groups in total. The first-order valence-corrected chi connectivity index (χ1v) is 6.35. The van der Waals surface area contributed by atoms with E-state index in [1.54, 1.807) is 26.1 Å². The van der Waals surface area contributed by atoms with Gasteiger partial charge in [0.05, 0.1) is 12.1 Å². The minimum atomic E-state index is -0.671. The third-order valence-electron chi connectivity index (χ3n) is 3.25. The average Bonchev–Trinajstić information content (AvgIpc) is 2.40. The molecule has 1 aromatic carbocycles. The SMILES string of the molecule is CNC(C)(CCCCOc1ccc(F)cc1)C(N)=O. The highest BCUT2D eigenvalue weighted by Gasteiger charge is 2.27. The van der Waals surface area contributed by atoms with Gasteiger partial charge in [-0.05, 0) is 57.5 Å². The number of hydrogen-bond donors (Lipinski definition) is 2. The van der Waals surface area contributed by atoms with Crippen LogP contribution in [0.2, 0.25) is 0 Å². The summed E-state index contributed by atoms with van der Waals surface area (Å²) >= 11 is 0. The van der Waals surface area contributed by atoms with Crippen LogP contribution in [0.3, 0.4) is 0 Å². The standard InChI is InChI=1S/C14H21FN2O2/c1-14(17-2,13(16)18)9-3-4-10-19-12-7-5-11(15)6-8-12/h5-8,17H,3-4,9-10H2,1-2H3,(H2,16,18). The molecule has 0 aliphatic heterocycles. The number of nitrogens with one attached hydrogen (secondary N) is 1. The van der Waals surface area contributed by atoms with Crippen LogP contribution in [0, 0.1) is 5.82 Å². The summed E-state index contributed by atoms with van der Waals surface area (Å²) in [5.41, 5.74) is 4.66. The Morgan fingerprint density at radius 3 is 2.53 bits per heavy atom. The van der Waals surface area contributed by atoms with Gasteiger partial charge < -0.3 is 15.8 Å². The number of carbonyl (C=O) groups is 1. The molecule has 106 valence electrons. The topological polar surface area (TPSA) is 64.3 Å². The van der Waals surface area contributed by atoms with E-state index in [0.29, 0.717) is 18.8 Å². The first kappa shape index (κ1) is 15.4. The van der Waals surface area contributed by atoms with Crippen LogP contribution in [-0.4, -0.2) is 25.1 Å². The van der Waals surface area contributed by atoms with Gasteiger partial charge in [-0.15, -0.1) is 0 Å². The molecule has 0 aliphatic rings. The predicted octanol–water partition coefficient (Wildman–Crippen LogP) is 1.84. The number of unbranched alkanes of at least 4 members (excludes halogenated alkanes) is 1. The van der Waals surface area contributed by atoms with Gasteiger partial charge in [-0.3, -0.25) is 4.79 Å². The molecule has 4 nitrogen and oxygen atoms in total. The molecule has 5 heteroatoms. The van der Waals surface area contributed by atoms with Gasteiger partial charge in [0.15, 0.2) is 0 Å². The maximum absolute atomic E-state index is 12.7. The third-order valence-corrected chi connectivity index (χ3v) is 3.25. The fourth-order valence-electron chi connectivity index (χ4n) is 1.67. The van der Waals surface area contributed by atoms with Gasteiger partial charge in [-0.25, -0.2) is 4.39 Å². The van der Waals surface area contributed by atoms with Crippen LogP contribution in [0.5, 0.6) is 5.75 Å². The first-order chi connectivity index (χ1) is 8.98. The van der Waals surface area contributed by atoms with E-state index in [-0.39, 0.29) is 11.7 Å². The summed E-state index contributed by atoms with van der Waals surface area (Å²) in [6.45, 7) is 2.32. The lowest BCUT2D eigenvalue weighted by atomic mass is 9.94. The normalized spacial score (nSPS) is 13.8. The molecule has 0 fully saturated rings. The fourth-order valence-corrected chi connectivity index (χ4v) is 1.67. The monoisotopic (exact) mass is 268 g/mol. The summed E-state index contributed by atoms with van der Waals surface area (Å²) < 4.78 is 18.1. The zero-order valence-electron chi connectivity index (χ0n) is 11.4. The lowest BCUT2D eigenvalue weighted by Gasteiger charge is -2.25. The van der Waals surface area contributed by atoms with Gasteiger partial charge in [0.25, 0.3) is 0 Å². The molecule has 1 aromatic rings. The second-order valence-corrected chi connectivity index (χ2v) is 4.71. The first-order valence-electron chi connectivity index (χ1n) is 6.35. The molecule has 0 spiro atoms. The number of amides is 1. The molecule has 1 amide bonds. The van der Waals surface area contributed by atoms with E-state index in [2.05, 4.69) is 5.32 Å². The number of primary amides is 1. The van der Waals surface area contributed by atoms with E-state index >= 15 is 0 Å². The average molecular weight is 268 g/mol. The second-order valence-electron chi connectivity index (χ2n) is 4.71. The summed E-state index contributed by atoms with van der Waals surface area (Å²) in [7, 11) is 1.72. The van der Waals surface area contributed by atoms with Gasteiger partial charge >= 0.3 is 0 Å². The van der Waals surface area contributed by atoms with Gasteiger partial charge in [0.1, 0.15) is 11.6 Å². The Hall–Kier alpha value is -1.62. The van der Waals surface area contributed by atoms with Crippen molar-refractivity contribution in [3.8, 4) is 5.75 Å². The fraction of sp³-hybridized carbons (Fsp3) is 0.500. The largest absolute Gasteiger partial charge is 0.494 e. The molecule has 0 heterocycles. The lowest BCUT2D eigenvalue weighted by Crippen LogP contribution is -2.51. The molecule has 1 rings (SSSR count). The van der Waals surface area contributed by atoms with Crippen molar-refractivity contribution in [2.75, 3.05) is 13.7 Å². The molecule has 0 aromatic heterocycles. The summed E-state index contributed by atoms with van der Waals surface area (Å²) in [4.78, 5) is 11.3. The molecule has 1 unspecified atom stereocenters. The molecule has 1 atom stereocenters. The van der Waals surface area contributed by atoms with Crippen LogP contribution in [-0.2, 0) is 4.79 Å². The van der Waals surface area contributed by atoms with Crippen molar-refractivity contribution in [2.45, 2.75) is 31.7 Å². The van der Waals surface area contributed by atoms with Crippen molar-refractivity contribution in [3.63, 3.8) is 0 Å². The van der Waals surface area contributed by atoms with Gasteiger partial charge in [0.2, 0.25) is 5.91 Å². The lowest BCUT2D eigenvalue weighted by molar-refractivity contribution is -0.123. The molecular formula is C14H21FN2O2. The number of benzene rings is 1. The van der Waals surface area contributed by atoms with Crippen LogP contribution in [0.4, 0.5) is 4.39 Å². The van der Waals surface area contributed by atoms with Crippen molar-refractivity contribution in [3.05, 3.63) is 30.1 Å². The Morgan fingerprint density at radius 2 is 2.00 bits per heavy atom. The maximum Gasteiger partial charge on any atom is 0.237 e. The summed E-state index contributed by atoms with van der Waals surface area (Å²) in [6, 6.07) is 5.91. The van der Waals surface area contributed by atoms with Crippen LogP contribution in [0.15, 0.2) is 24.3 Å². The Labute approximate surface area is 113 Å². The maximum atomic E-state index is 12.7. The third kappa shape index (κ3) is 4.87. The summed E-state index contributed by atoms with van der Waals surface area (Å²) in [6.07, 6.45) is 2.29. The molecule has 19 heavy (non-hydrogen) atoms. The summed E-state index contributed by atoms with van der Waals surface area (Å²) in [5.74, 6) is 0.0146. The highest BCUT2D eigenvalue weighted by atomic mass is 19.1. The quantitative estimate of drug-likeness (QED) is 0.707. The van der Waals surface area contributed by atoms with Crippen LogP contribution in [0.25, 0.3) is 0 Å². The Bertz CT molecular complexity index is 408. The van der Waals surface area contributed by atoms with Crippen molar-refractivity contribution in [1.82, 2.24) is 5.32 Å².